The summed E-state index contributed by atoms with van der Waals surface area (Å²) >= 11 is 0. The lowest BCUT2D eigenvalue weighted by atomic mass is 10.3. The molecule has 0 saturated heterocycles. The van der Waals surface area contributed by atoms with Crippen molar-refractivity contribution >= 4 is 10.0 Å². The highest BCUT2D eigenvalue weighted by atomic mass is 32.2. The molecule has 0 aliphatic heterocycles. The molecular weight excluding hydrogens is 292 g/mol. The van der Waals surface area contributed by atoms with E-state index in [1.807, 2.05) is 6.92 Å². The molecule has 21 heavy (non-hydrogen) atoms. The van der Waals surface area contributed by atoms with Crippen molar-refractivity contribution in [3.8, 4) is 0 Å². The Morgan fingerprint density at radius 2 is 2.10 bits per heavy atom. The minimum atomic E-state index is -3.59. The van der Waals surface area contributed by atoms with Gasteiger partial charge in [-0.2, -0.15) is 0 Å². The van der Waals surface area contributed by atoms with Crippen molar-refractivity contribution < 1.29 is 17.6 Å². The van der Waals surface area contributed by atoms with E-state index in [-0.39, 0.29) is 10.9 Å². The summed E-state index contributed by atoms with van der Waals surface area (Å²) in [6.45, 7) is 7.38. The minimum Gasteiger partial charge on any atom is -0.464 e. The van der Waals surface area contributed by atoms with Gasteiger partial charge in [-0.15, -0.1) is 0 Å². The van der Waals surface area contributed by atoms with Crippen LogP contribution in [-0.2, 0) is 21.3 Å². The normalized spacial score (nSPS) is 13.5. The topological polar surface area (TPSA) is 80.6 Å². The van der Waals surface area contributed by atoms with Crippen LogP contribution < -0.4 is 10.0 Å². The molecule has 0 aliphatic carbocycles. The zero-order valence-electron chi connectivity index (χ0n) is 13.2. The van der Waals surface area contributed by atoms with Gasteiger partial charge in [0, 0.05) is 19.2 Å². The van der Waals surface area contributed by atoms with Crippen molar-refractivity contribution in [1.29, 1.82) is 0 Å². The van der Waals surface area contributed by atoms with Gasteiger partial charge in [-0.3, -0.25) is 0 Å². The van der Waals surface area contributed by atoms with Gasteiger partial charge in [-0.25, -0.2) is 13.1 Å². The summed E-state index contributed by atoms with van der Waals surface area (Å²) in [6.07, 6.45) is 1.68. The third-order valence-electron chi connectivity index (χ3n) is 3.12. The second kappa shape index (κ2) is 8.53. The first-order valence-electron chi connectivity index (χ1n) is 7.25. The van der Waals surface area contributed by atoms with E-state index >= 15 is 0 Å². The molecular formula is C14H26N2O4S. The van der Waals surface area contributed by atoms with Crippen LogP contribution in [0.4, 0.5) is 0 Å². The zero-order chi connectivity index (χ0) is 15.9. The Hall–Kier alpha value is -0.890. The molecule has 1 aromatic heterocycles. The molecule has 1 rings (SSSR count). The second-order valence-electron chi connectivity index (χ2n) is 4.99. The molecule has 122 valence electrons. The summed E-state index contributed by atoms with van der Waals surface area (Å²) in [5.74, 6) is 1.03. The zero-order valence-corrected chi connectivity index (χ0v) is 14.0. The highest BCUT2D eigenvalue weighted by molar-refractivity contribution is 7.89. The Balaban J connectivity index is 2.82. The molecule has 2 N–H and O–H groups in total. The SMILES string of the molecule is CCCNCc1cc(S(=O)(=O)NC(CC)COC)c(C)o1. The number of hydrogen-bond donors (Lipinski definition) is 2. The van der Waals surface area contributed by atoms with Crippen molar-refractivity contribution in [2.45, 2.75) is 51.1 Å². The van der Waals surface area contributed by atoms with Crippen LogP contribution in [0, 0.1) is 6.92 Å². The van der Waals surface area contributed by atoms with Gasteiger partial charge in [0.15, 0.2) is 0 Å². The predicted molar refractivity (Wildman–Crippen MR) is 81.7 cm³/mol. The van der Waals surface area contributed by atoms with Crippen LogP contribution in [0.3, 0.4) is 0 Å². The van der Waals surface area contributed by atoms with Crippen LogP contribution in [0.15, 0.2) is 15.4 Å². The van der Waals surface area contributed by atoms with Gasteiger partial charge in [0.25, 0.3) is 0 Å². The first-order valence-corrected chi connectivity index (χ1v) is 8.74. The van der Waals surface area contributed by atoms with E-state index < -0.39 is 10.0 Å². The van der Waals surface area contributed by atoms with Crippen LogP contribution in [0.5, 0.6) is 0 Å². The van der Waals surface area contributed by atoms with Crippen LogP contribution in [0.25, 0.3) is 0 Å². The molecule has 1 aromatic rings. The summed E-state index contributed by atoms with van der Waals surface area (Å²) in [5, 5.41) is 3.19. The van der Waals surface area contributed by atoms with Crippen LogP contribution in [-0.4, -0.2) is 34.7 Å². The van der Waals surface area contributed by atoms with E-state index in [4.69, 9.17) is 9.15 Å². The number of ether oxygens (including phenoxy) is 1. The van der Waals surface area contributed by atoms with Crippen molar-refractivity contribution in [1.82, 2.24) is 10.0 Å². The predicted octanol–water partition coefficient (Wildman–Crippen LogP) is 1.79. The van der Waals surface area contributed by atoms with Crippen molar-refractivity contribution in [2.24, 2.45) is 0 Å². The quantitative estimate of drug-likeness (QED) is 0.643. The Morgan fingerprint density at radius 1 is 1.38 bits per heavy atom. The molecule has 1 atom stereocenters. The van der Waals surface area contributed by atoms with Crippen molar-refractivity contribution in [3.05, 3.63) is 17.6 Å². The maximum absolute atomic E-state index is 12.4. The fourth-order valence-corrected chi connectivity index (χ4v) is 3.49. The number of nitrogens with one attached hydrogen (secondary N) is 2. The maximum atomic E-state index is 12.4. The molecule has 0 saturated carbocycles. The first-order chi connectivity index (χ1) is 9.94. The van der Waals surface area contributed by atoms with Gasteiger partial charge in [-0.1, -0.05) is 13.8 Å². The molecule has 0 fully saturated rings. The third kappa shape index (κ3) is 5.43. The fourth-order valence-electron chi connectivity index (χ4n) is 1.99. The number of methoxy groups -OCH3 is 1. The monoisotopic (exact) mass is 318 g/mol. The molecule has 0 amide bonds. The third-order valence-corrected chi connectivity index (χ3v) is 4.75. The van der Waals surface area contributed by atoms with E-state index in [1.165, 1.54) is 0 Å². The van der Waals surface area contributed by atoms with E-state index in [2.05, 4.69) is 17.0 Å². The number of aryl methyl sites for hydroxylation is 1. The average molecular weight is 318 g/mol. The summed E-state index contributed by atoms with van der Waals surface area (Å²) in [5.41, 5.74) is 0. The largest absolute Gasteiger partial charge is 0.464 e. The first kappa shape index (κ1) is 18.2. The van der Waals surface area contributed by atoms with Crippen molar-refractivity contribution in [2.75, 3.05) is 20.3 Å². The second-order valence-corrected chi connectivity index (χ2v) is 6.67. The van der Waals surface area contributed by atoms with Gasteiger partial charge in [0.1, 0.15) is 16.4 Å². The van der Waals surface area contributed by atoms with Gasteiger partial charge in [0.2, 0.25) is 10.0 Å². The van der Waals surface area contributed by atoms with Crippen molar-refractivity contribution in [3.63, 3.8) is 0 Å². The molecule has 0 aliphatic rings. The molecule has 0 bridgehead atoms. The number of sulfonamides is 1. The summed E-state index contributed by atoms with van der Waals surface area (Å²) in [4.78, 5) is 0.199. The molecule has 1 unspecified atom stereocenters. The van der Waals surface area contributed by atoms with Crippen LogP contribution in [0.2, 0.25) is 0 Å². The highest BCUT2D eigenvalue weighted by Crippen LogP contribution is 2.20. The summed E-state index contributed by atoms with van der Waals surface area (Å²) in [7, 11) is -2.03. The van der Waals surface area contributed by atoms with Gasteiger partial charge < -0.3 is 14.5 Å². The Morgan fingerprint density at radius 3 is 2.67 bits per heavy atom. The van der Waals surface area contributed by atoms with Gasteiger partial charge in [-0.05, 0) is 26.3 Å². The van der Waals surface area contributed by atoms with E-state index in [0.29, 0.717) is 31.1 Å². The average Bonchev–Trinajstić information content (AvgIpc) is 2.80. The van der Waals surface area contributed by atoms with E-state index in [0.717, 1.165) is 13.0 Å². The Bertz CT molecular complexity index is 525. The van der Waals surface area contributed by atoms with E-state index in [1.54, 1.807) is 20.1 Å². The number of rotatable bonds is 10. The molecule has 0 aromatic carbocycles. The summed E-state index contributed by atoms with van der Waals surface area (Å²) < 4.78 is 38.0. The lowest BCUT2D eigenvalue weighted by Gasteiger charge is -2.15. The van der Waals surface area contributed by atoms with Crippen LogP contribution in [0.1, 0.15) is 38.2 Å². The smallest absolute Gasteiger partial charge is 0.244 e. The van der Waals surface area contributed by atoms with Gasteiger partial charge in [0.05, 0.1) is 13.2 Å². The molecule has 7 heteroatoms. The maximum Gasteiger partial charge on any atom is 0.244 e. The highest BCUT2D eigenvalue weighted by Gasteiger charge is 2.24. The molecule has 0 spiro atoms. The minimum absolute atomic E-state index is 0.199. The van der Waals surface area contributed by atoms with Gasteiger partial charge >= 0.3 is 0 Å². The molecule has 6 nitrogen and oxygen atoms in total. The van der Waals surface area contributed by atoms with E-state index in [9.17, 15) is 8.42 Å². The summed E-state index contributed by atoms with van der Waals surface area (Å²) in [6, 6.07) is 1.34. The lowest BCUT2D eigenvalue weighted by Crippen LogP contribution is -2.37. The number of furan rings is 1. The standard InChI is InChI=1S/C14H26N2O4S/c1-5-7-15-9-13-8-14(11(3)20-13)21(17,18)16-12(6-2)10-19-4/h8,12,15-16H,5-7,9-10H2,1-4H3. The Kier molecular flexibility index (Phi) is 7.37. The Labute approximate surface area is 127 Å². The molecule has 1 heterocycles. The molecule has 0 radical (unpaired) electrons. The number of hydrogen-bond acceptors (Lipinski definition) is 5. The fraction of sp³-hybridized carbons (Fsp3) is 0.714. The van der Waals surface area contributed by atoms with Crippen LogP contribution >= 0.6 is 0 Å². The lowest BCUT2D eigenvalue weighted by molar-refractivity contribution is 0.173.